The van der Waals surface area contributed by atoms with E-state index in [0.29, 0.717) is 6.42 Å². The van der Waals surface area contributed by atoms with Gasteiger partial charge in [0, 0.05) is 24.2 Å². The molecule has 0 aliphatic carbocycles. The van der Waals surface area contributed by atoms with Crippen molar-refractivity contribution in [3.05, 3.63) is 29.3 Å². The Labute approximate surface area is 115 Å². The number of benzene rings is 1. The molecule has 1 aromatic carbocycles. The molecule has 1 unspecified atom stereocenters. The number of aliphatic hydroxyl groups is 1. The average molecular weight is 264 g/mol. The highest BCUT2D eigenvalue weighted by Crippen LogP contribution is 2.18. The van der Waals surface area contributed by atoms with Crippen LogP contribution in [0.1, 0.15) is 31.4 Å². The molecular formula is C15H24N2O2. The van der Waals surface area contributed by atoms with Crippen LogP contribution in [0.2, 0.25) is 0 Å². The summed E-state index contributed by atoms with van der Waals surface area (Å²) in [4.78, 5) is 11.9. The number of hydrogen-bond acceptors (Lipinski definition) is 3. The second-order valence-electron chi connectivity index (χ2n) is 5.15. The lowest BCUT2D eigenvalue weighted by atomic mass is 10.1. The van der Waals surface area contributed by atoms with Crippen LogP contribution in [0.3, 0.4) is 0 Å². The summed E-state index contributed by atoms with van der Waals surface area (Å²) in [6.07, 6.45) is 0.387. The zero-order chi connectivity index (χ0) is 14.4. The minimum Gasteiger partial charge on any atom is -0.395 e. The summed E-state index contributed by atoms with van der Waals surface area (Å²) >= 11 is 0. The fraction of sp³-hybridized carbons (Fsp3) is 0.533. The summed E-state index contributed by atoms with van der Waals surface area (Å²) < 4.78 is 0. The molecule has 0 aromatic heterocycles. The van der Waals surface area contributed by atoms with E-state index in [1.165, 1.54) is 0 Å². The summed E-state index contributed by atoms with van der Waals surface area (Å²) in [6.45, 7) is 7.93. The normalized spacial score (nSPS) is 13.9. The standard InChI is InChI=1S/C15H24N2O2/c1-10-6-5-7-14(13(10)4)17-15(19)8-11(2)16-12(3)9-18/h5-7,11-12,16,18H,8-9H2,1-4H3,(H,17,19)/t11?,12-/m1/s1. The van der Waals surface area contributed by atoms with E-state index in [9.17, 15) is 4.79 Å². The summed E-state index contributed by atoms with van der Waals surface area (Å²) in [5.74, 6) is -0.0150. The zero-order valence-electron chi connectivity index (χ0n) is 12.2. The monoisotopic (exact) mass is 264 g/mol. The van der Waals surface area contributed by atoms with Crippen LogP contribution in [0.15, 0.2) is 18.2 Å². The van der Waals surface area contributed by atoms with E-state index in [-0.39, 0.29) is 24.6 Å². The highest BCUT2D eigenvalue weighted by molar-refractivity contribution is 5.92. The van der Waals surface area contributed by atoms with E-state index < -0.39 is 0 Å². The van der Waals surface area contributed by atoms with Crippen molar-refractivity contribution in [3.8, 4) is 0 Å². The molecule has 0 saturated heterocycles. The van der Waals surface area contributed by atoms with Gasteiger partial charge in [0.15, 0.2) is 0 Å². The van der Waals surface area contributed by atoms with E-state index in [1.54, 1.807) is 0 Å². The largest absolute Gasteiger partial charge is 0.395 e. The Morgan fingerprint density at radius 2 is 1.95 bits per heavy atom. The molecule has 0 bridgehead atoms. The fourth-order valence-corrected chi connectivity index (χ4v) is 1.96. The quantitative estimate of drug-likeness (QED) is 0.736. The maximum absolute atomic E-state index is 11.9. The summed E-state index contributed by atoms with van der Waals surface area (Å²) in [7, 11) is 0. The Kier molecular flexibility index (Phi) is 5.99. The summed E-state index contributed by atoms with van der Waals surface area (Å²) in [5, 5.41) is 15.0. The topological polar surface area (TPSA) is 61.4 Å². The number of aryl methyl sites for hydroxylation is 1. The summed E-state index contributed by atoms with van der Waals surface area (Å²) in [5.41, 5.74) is 3.13. The molecule has 0 spiro atoms. The number of aliphatic hydroxyl groups excluding tert-OH is 1. The predicted molar refractivity (Wildman–Crippen MR) is 78.3 cm³/mol. The second kappa shape index (κ2) is 7.26. The van der Waals surface area contributed by atoms with Crippen molar-refractivity contribution in [2.24, 2.45) is 0 Å². The van der Waals surface area contributed by atoms with Crippen LogP contribution in [-0.4, -0.2) is 29.7 Å². The molecule has 106 valence electrons. The van der Waals surface area contributed by atoms with Gasteiger partial charge in [0.2, 0.25) is 5.91 Å². The molecule has 0 aliphatic rings. The van der Waals surface area contributed by atoms with Gasteiger partial charge in [0.05, 0.1) is 6.61 Å². The van der Waals surface area contributed by atoms with Crippen molar-refractivity contribution in [2.45, 2.75) is 46.2 Å². The van der Waals surface area contributed by atoms with Crippen molar-refractivity contribution < 1.29 is 9.90 Å². The maximum atomic E-state index is 11.9. The van der Waals surface area contributed by atoms with Gasteiger partial charge >= 0.3 is 0 Å². The van der Waals surface area contributed by atoms with Crippen molar-refractivity contribution in [1.82, 2.24) is 5.32 Å². The van der Waals surface area contributed by atoms with E-state index >= 15 is 0 Å². The van der Waals surface area contributed by atoms with Crippen LogP contribution < -0.4 is 10.6 Å². The molecular weight excluding hydrogens is 240 g/mol. The molecule has 4 heteroatoms. The van der Waals surface area contributed by atoms with Gasteiger partial charge in [0.25, 0.3) is 0 Å². The van der Waals surface area contributed by atoms with Crippen molar-refractivity contribution in [1.29, 1.82) is 0 Å². The fourth-order valence-electron chi connectivity index (χ4n) is 1.96. The summed E-state index contributed by atoms with van der Waals surface area (Å²) in [6, 6.07) is 5.91. The third-order valence-electron chi connectivity index (χ3n) is 3.21. The van der Waals surface area contributed by atoms with Crippen molar-refractivity contribution in [2.75, 3.05) is 11.9 Å². The zero-order valence-corrected chi connectivity index (χ0v) is 12.2. The van der Waals surface area contributed by atoms with Gasteiger partial charge in [-0.05, 0) is 44.9 Å². The number of carbonyl (C=O) groups excluding carboxylic acids is 1. The molecule has 2 atom stereocenters. The second-order valence-corrected chi connectivity index (χ2v) is 5.15. The Morgan fingerprint density at radius 3 is 2.58 bits per heavy atom. The minimum absolute atomic E-state index is 0.00325. The number of rotatable bonds is 6. The van der Waals surface area contributed by atoms with Crippen LogP contribution in [0.5, 0.6) is 0 Å². The van der Waals surface area contributed by atoms with Crippen LogP contribution >= 0.6 is 0 Å². The first-order chi connectivity index (χ1) is 8.93. The van der Waals surface area contributed by atoms with Crippen LogP contribution in [0, 0.1) is 13.8 Å². The highest BCUT2D eigenvalue weighted by atomic mass is 16.3. The lowest BCUT2D eigenvalue weighted by Gasteiger charge is -2.18. The molecule has 0 heterocycles. The molecule has 1 amide bonds. The molecule has 1 aromatic rings. The predicted octanol–water partition coefficient (Wildman–Crippen LogP) is 1.99. The number of hydrogen-bond donors (Lipinski definition) is 3. The van der Waals surface area contributed by atoms with Crippen LogP contribution in [0.4, 0.5) is 5.69 Å². The van der Waals surface area contributed by atoms with Gasteiger partial charge in [-0.15, -0.1) is 0 Å². The molecule has 1 rings (SSSR count). The molecule has 0 saturated carbocycles. The van der Waals surface area contributed by atoms with E-state index in [1.807, 2.05) is 45.9 Å². The Bertz CT molecular complexity index is 432. The Morgan fingerprint density at radius 1 is 1.26 bits per heavy atom. The molecule has 4 nitrogen and oxygen atoms in total. The number of carbonyl (C=O) groups is 1. The van der Waals surface area contributed by atoms with Gasteiger partial charge in [0.1, 0.15) is 0 Å². The molecule has 3 N–H and O–H groups in total. The molecule has 0 aliphatic heterocycles. The average Bonchev–Trinajstić information content (AvgIpc) is 2.34. The van der Waals surface area contributed by atoms with Gasteiger partial charge in [-0.3, -0.25) is 4.79 Å². The van der Waals surface area contributed by atoms with E-state index in [2.05, 4.69) is 10.6 Å². The lowest BCUT2D eigenvalue weighted by molar-refractivity contribution is -0.116. The Balaban J connectivity index is 2.53. The van der Waals surface area contributed by atoms with Crippen molar-refractivity contribution >= 4 is 11.6 Å². The van der Waals surface area contributed by atoms with Crippen LogP contribution in [0.25, 0.3) is 0 Å². The van der Waals surface area contributed by atoms with E-state index in [4.69, 9.17) is 5.11 Å². The first kappa shape index (κ1) is 15.7. The third kappa shape index (κ3) is 5.01. The van der Waals surface area contributed by atoms with Crippen LogP contribution in [-0.2, 0) is 4.79 Å². The molecule has 0 radical (unpaired) electrons. The Hall–Kier alpha value is -1.39. The number of amides is 1. The van der Waals surface area contributed by atoms with Gasteiger partial charge in [-0.25, -0.2) is 0 Å². The maximum Gasteiger partial charge on any atom is 0.225 e. The van der Waals surface area contributed by atoms with Gasteiger partial charge in [-0.1, -0.05) is 12.1 Å². The van der Waals surface area contributed by atoms with Crippen molar-refractivity contribution in [3.63, 3.8) is 0 Å². The van der Waals surface area contributed by atoms with Gasteiger partial charge < -0.3 is 15.7 Å². The number of nitrogens with one attached hydrogen (secondary N) is 2. The SMILES string of the molecule is Cc1cccc(NC(=O)CC(C)N[C@H](C)CO)c1C. The smallest absolute Gasteiger partial charge is 0.225 e. The highest BCUT2D eigenvalue weighted by Gasteiger charge is 2.12. The first-order valence-corrected chi connectivity index (χ1v) is 6.67. The molecule has 0 fully saturated rings. The minimum atomic E-state index is -0.0150. The lowest BCUT2D eigenvalue weighted by Crippen LogP contribution is -2.38. The third-order valence-corrected chi connectivity index (χ3v) is 3.21. The first-order valence-electron chi connectivity index (χ1n) is 6.67. The molecule has 19 heavy (non-hydrogen) atoms. The van der Waals surface area contributed by atoms with Gasteiger partial charge in [-0.2, -0.15) is 0 Å². The van der Waals surface area contributed by atoms with E-state index in [0.717, 1.165) is 16.8 Å². The number of anilines is 1.